The number of anilines is 3. The van der Waals surface area contributed by atoms with Crippen LogP contribution in [0, 0.1) is 13.8 Å². The van der Waals surface area contributed by atoms with Gasteiger partial charge in [-0.25, -0.2) is 10.9 Å². The van der Waals surface area contributed by atoms with Crippen LogP contribution in [0.4, 0.5) is 17.3 Å². The fourth-order valence-corrected chi connectivity index (χ4v) is 10.4. The van der Waals surface area contributed by atoms with Crippen LogP contribution in [-0.2, 0) is 47.2 Å². The van der Waals surface area contributed by atoms with Crippen LogP contribution < -0.4 is 47.7 Å². The molecule has 7 heterocycles. The number of nitrogens with two attached hydrogens (primary N) is 3. The van der Waals surface area contributed by atoms with Gasteiger partial charge in [-0.2, -0.15) is 10.2 Å². The summed E-state index contributed by atoms with van der Waals surface area (Å²) in [4.78, 5) is 90.4. The molecule has 4 aromatic heterocycles. The summed E-state index contributed by atoms with van der Waals surface area (Å²) >= 11 is 0. The van der Waals surface area contributed by atoms with E-state index in [4.69, 9.17) is 31.8 Å². The van der Waals surface area contributed by atoms with Crippen molar-refractivity contribution in [1.82, 2.24) is 63.9 Å². The van der Waals surface area contributed by atoms with Gasteiger partial charge in [-0.15, -0.1) is 10.2 Å². The Labute approximate surface area is 473 Å². The fraction of sp³-hybridized carbons (Fsp3) is 0.463. The Hall–Kier alpha value is -8.73. The maximum absolute atomic E-state index is 13.6. The van der Waals surface area contributed by atoms with Gasteiger partial charge >= 0.3 is 0 Å². The fourth-order valence-electron chi connectivity index (χ4n) is 10.4. The molecule has 2 aromatic carbocycles. The number of aryl methyl sites for hydroxylation is 4. The van der Waals surface area contributed by atoms with Crippen LogP contribution in [0.3, 0.4) is 0 Å². The number of piperidine rings is 1. The van der Waals surface area contributed by atoms with E-state index in [1.807, 2.05) is 46.9 Å². The minimum Gasteiger partial charge on any atom is -0.494 e. The van der Waals surface area contributed by atoms with Gasteiger partial charge in [-0.3, -0.25) is 53.6 Å². The number of carbonyl (C=O) groups excluding carboxylic acids is 6. The highest BCUT2D eigenvalue weighted by atomic mass is 16.6. The van der Waals surface area contributed by atoms with Gasteiger partial charge in [0.15, 0.2) is 18.4 Å². The molecule has 1 fully saturated rings. The second kappa shape index (κ2) is 26.7. The summed E-state index contributed by atoms with van der Waals surface area (Å²) in [6.07, 6.45) is 6.93. The molecule has 1 unspecified atom stereocenters. The molecule has 0 bridgehead atoms. The quantitative estimate of drug-likeness (QED) is 0.0231. The smallest absolute Gasteiger partial charge is 0.276 e. The summed E-state index contributed by atoms with van der Waals surface area (Å²) in [6, 6.07) is 10.00. The predicted octanol–water partition coefficient (Wildman–Crippen LogP) is 1.97. The SMILES string of the molecule is CCn1nc(C)cc1C(=O)Nc1nc2cc(C(N)=O)cc(OC)c2n1C/C=C/CN1c2c(cc(C(N)=O)cc2OCCCN2CCC(c3nnc4n3CCN(C(=O)CN(C)C(=O)CON)C4)CC2)NC1NC.CCn1nc(C)cc1C=O. The van der Waals surface area contributed by atoms with E-state index in [9.17, 15) is 28.8 Å². The van der Waals surface area contributed by atoms with Crippen molar-refractivity contribution in [1.29, 1.82) is 0 Å². The number of hydrogen-bond acceptors (Lipinski definition) is 19. The third-order valence-corrected chi connectivity index (χ3v) is 14.6. The van der Waals surface area contributed by atoms with Gasteiger partial charge in [-0.05, 0) is 103 Å². The number of amides is 5. The zero-order chi connectivity index (χ0) is 58.8. The monoisotopic (exact) mass is 1130 g/mol. The molecule has 9 rings (SSSR count). The summed E-state index contributed by atoms with van der Waals surface area (Å²) in [5.74, 6) is 5.84. The molecule has 0 spiro atoms. The Morgan fingerprint density at radius 1 is 0.878 bits per heavy atom. The molecule has 3 aliphatic heterocycles. The van der Waals surface area contributed by atoms with E-state index >= 15 is 0 Å². The first kappa shape index (κ1) is 59.4. The maximum Gasteiger partial charge on any atom is 0.276 e. The molecule has 5 amide bonds. The Bertz CT molecular complexity index is 3340. The Morgan fingerprint density at radius 3 is 2.24 bits per heavy atom. The van der Waals surface area contributed by atoms with Crippen LogP contribution in [-0.4, -0.2) is 174 Å². The van der Waals surface area contributed by atoms with Crippen molar-refractivity contribution in [3.8, 4) is 11.5 Å². The number of nitrogens with one attached hydrogen (secondary N) is 3. The number of methoxy groups -OCH3 is 1. The molecule has 438 valence electrons. The summed E-state index contributed by atoms with van der Waals surface area (Å²) in [7, 11) is 4.85. The van der Waals surface area contributed by atoms with Crippen LogP contribution in [0.25, 0.3) is 11.0 Å². The number of nitrogens with zero attached hydrogens (tertiary/aromatic N) is 13. The van der Waals surface area contributed by atoms with Crippen LogP contribution in [0.15, 0.2) is 48.6 Å². The molecule has 28 heteroatoms. The average Bonchev–Trinajstić information content (AvgIpc) is 3.74. The van der Waals surface area contributed by atoms with E-state index in [0.29, 0.717) is 90.2 Å². The molecule has 9 N–H and O–H groups in total. The predicted molar refractivity (Wildman–Crippen MR) is 303 cm³/mol. The van der Waals surface area contributed by atoms with Crippen molar-refractivity contribution >= 4 is 64.2 Å². The van der Waals surface area contributed by atoms with E-state index in [1.165, 1.54) is 19.1 Å². The van der Waals surface area contributed by atoms with Crippen molar-refractivity contribution in [2.45, 2.75) is 91.9 Å². The minimum atomic E-state index is -0.647. The van der Waals surface area contributed by atoms with E-state index in [2.05, 4.69) is 55.5 Å². The number of benzene rings is 2. The first-order chi connectivity index (χ1) is 39.5. The number of imidazole rings is 1. The van der Waals surface area contributed by atoms with Gasteiger partial charge < -0.3 is 55.0 Å². The topological polar surface area (TPSA) is 341 Å². The zero-order valence-electron chi connectivity index (χ0n) is 47.4. The normalized spacial score (nSPS) is 15.2. The van der Waals surface area contributed by atoms with Crippen molar-refractivity contribution in [3.05, 3.63) is 94.1 Å². The summed E-state index contributed by atoms with van der Waals surface area (Å²) < 4.78 is 19.4. The number of primary amides is 2. The number of likely N-dealkylation sites (N-methyl/N-ethyl adjacent to an activating group) is 1. The first-order valence-electron chi connectivity index (χ1n) is 27.2. The van der Waals surface area contributed by atoms with Crippen LogP contribution in [0.1, 0.15) is 104 Å². The molecule has 0 aliphatic carbocycles. The highest BCUT2D eigenvalue weighted by Gasteiger charge is 2.33. The van der Waals surface area contributed by atoms with Crippen molar-refractivity contribution in [2.24, 2.45) is 17.4 Å². The van der Waals surface area contributed by atoms with Crippen LogP contribution in [0.5, 0.6) is 11.5 Å². The van der Waals surface area contributed by atoms with Gasteiger partial charge in [0.2, 0.25) is 23.7 Å². The molecule has 6 aromatic rings. The highest BCUT2D eigenvalue weighted by molar-refractivity contribution is 6.04. The molecule has 3 aliphatic rings. The van der Waals surface area contributed by atoms with Gasteiger partial charge in [0.25, 0.3) is 11.8 Å². The molecule has 0 saturated carbocycles. The second-order valence-electron chi connectivity index (χ2n) is 20.1. The maximum atomic E-state index is 13.6. The van der Waals surface area contributed by atoms with Crippen molar-refractivity contribution < 1.29 is 43.1 Å². The van der Waals surface area contributed by atoms with Gasteiger partial charge in [0.1, 0.15) is 46.5 Å². The molecule has 1 saturated heterocycles. The Kier molecular flexibility index (Phi) is 19.3. The van der Waals surface area contributed by atoms with Crippen molar-refractivity contribution in [3.63, 3.8) is 0 Å². The molecular formula is C54H73N19O9. The lowest BCUT2D eigenvalue weighted by molar-refractivity contribution is -0.142. The molecular weight excluding hydrogens is 1060 g/mol. The van der Waals surface area contributed by atoms with Gasteiger partial charge in [-0.1, -0.05) is 12.2 Å². The lowest BCUT2D eigenvalue weighted by atomic mass is 9.95. The van der Waals surface area contributed by atoms with Crippen LogP contribution >= 0.6 is 0 Å². The van der Waals surface area contributed by atoms with Crippen LogP contribution in [0.2, 0.25) is 0 Å². The minimum absolute atomic E-state index is 0.0765. The lowest BCUT2D eigenvalue weighted by Crippen LogP contribution is -2.45. The van der Waals surface area contributed by atoms with E-state index in [1.54, 1.807) is 55.2 Å². The molecule has 82 heavy (non-hydrogen) atoms. The van der Waals surface area contributed by atoms with E-state index in [-0.39, 0.29) is 55.2 Å². The average molecular weight is 1130 g/mol. The third kappa shape index (κ3) is 13.4. The first-order valence-corrected chi connectivity index (χ1v) is 27.2. The van der Waals surface area contributed by atoms with E-state index in [0.717, 1.165) is 74.8 Å². The third-order valence-electron chi connectivity index (χ3n) is 14.6. The van der Waals surface area contributed by atoms with Gasteiger partial charge in [0.05, 0.1) is 49.4 Å². The molecule has 28 nitrogen and oxygen atoms in total. The number of fused-ring (bicyclic) bond motifs is 3. The number of rotatable bonds is 23. The van der Waals surface area contributed by atoms with E-state index < -0.39 is 17.7 Å². The summed E-state index contributed by atoms with van der Waals surface area (Å²) in [5.41, 5.74) is 17.0. The second-order valence-corrected chi connectivity index (χ2v) is 20.1. The van der Waals surface area contributed by atoms with Gasteiger partial charge in [0, 0.05) is 69.9 Å². The highest BCUT2D eigenvalue weighted by Crippen LogP contribution is 2.43. The summed E-state index contributed by atoms with van der Waals surface area (Å²) in [6.45, 7) is 13.4. The van der Waals surface area contributed by atoms with Crippen molar-refractivity contribution in [2.75, 3.05) is 89.2 Å². The Balaban J connectivity index is 0.000000795. The largest absolute Gasteiger partial charge is 0.494 e. The number of carbonyl (C=O) groups is 6. The number of aromatic nitrogens is 9. The Morgan fingerprint density at radius 2 is 1.57 bits per heavy atom. The number of ether oxygens (including phenoxy) is 2. The summed E-state index contributed by atoms with van der Waals surface area (Å²) in [5, 5.41) is 27.2. The number of aldehydes is 1. The number of likely N-dealkylation sites (tertiary alicyclic amines) is 1. The molecule has 1 atom stereocenters. The zero-order valence-corrected chi connectivity index (χ0v) is 47.4. The number of allylic oxidation sites excluding steroid dienone is 1. The lowest BCUT2D eigenvalue weighted by Gasteiger charge is -2.33. The number of hydrogen-bond donors (Lipinski definition) is 6. The standard InChI is InChI=1S/C47H63N17O8.C7H10N2O/c1-6-64-34(20-28(2)57-64)45(69)54-47-53-32-21-30(42(48)67)23-35(70-5)40(32)63(47)14-8-7-13-62-41-33(52-46(62)51-3)22-31(43(49)68)24-36(41)71-19-9-12-59-15-10-29(11-16-59)44-56-55-37-25-60(17-18-61(37)44)38(65)26-58(4)39(66)27-72-50;1-3-9-7(5-10)4-6(2)8-9/h7-8,20-24,29,46,51-52H,6,9-19,25-27,50H2,1-5H3,(H2,48,67)(H2,49,68)(H,53,54,69);4-5H,3H2,1-2H3/b8-7+;. The molecule has 0 radical (unpaired) electrons.